The Labute approximate surface area is 167 Å². The maximum absolute atomic E-state index is 12.8. The normalized spacial score (nSPS) is 17.0. The first-order chi connectivity index (χ1) is 13.9. The molecule has 0 N–H and O–H groups in total. The van der Waals surface area contributed by atoms with E-state index in [-0.39, 0.29) is 17.0 Å². The molecule has 0 unspecified atom stereocenters. The number of carbonyl (C=O) groups is 4. The number of hydrogen-bond donors (Lipinski definition) is 0. The lowest BCUT2D eigenvalue weighted by Gasteiger charge is -2.25. The van der Waals surface area contributed by atoms with Crippen LogP contribution in [0.2, 0.25) is 0 Å². The van der Waals surface area contributed by atoms with Gasteiger partial charge in [0, 0.05) is 12.2 Å². The van der Waals surface area contributed by atoms with Gasteiger partial charge in [0.2, 0.25) is 0 Å². The van der Waals surface area contributed by atoms with Gasteiger partial charge >= 0.3 is 5.97 Å². The van der Waals surface area contributed by atoms with Gasteiger partial charge in [0.1, 0.15) is 6.04 Å². The first kappa shape index (κ1) is 18.9. The average Bonchev–Trinajstić information content (AvgIpc) is 3.26. The Bertz CT molecular complexity index is 996. The van der Waals surface area contributed by atoms with Gasteiger partial charge in [0.25, 0.3) is 17.7 Å². The molecule has 0 bridgehead atoms. The highest BCUT2D eigenvalue weighted by atomic mass is 16.5. The first-order valence-corrected chi connectivity index (χ1v) is 9.47. The molecule has 0 spiro atoms. The smallest absolute Gasteiger partial charge is 0.329 e. The Morgan fingerprint density at radius 3 is 2.17 bits per heavy atom. The Morgan fingerprint density at radius 1 is 0.931 bits per heavy atom. The number of hydrogen-bond acceptors (Lipinski definition) is 5. The lowest BCUT2D eigenvalue weighted by atomic mass is 10.1. The number of anilines is 1. The topological polar surface area (TPSA) is 84.0 Å². The molecular weight excluding hydrogens is 372 g/mol. The van der Waals surface area contributed by atoms with Gasteiger partial charge in [-0.1, -0.05) is 30.3 Å². The van der Waals surface area contributed by atoms with Gasteiger partial charge < -0.3 is 9.64 Å². The zero-order chi connectivity index (χ0) is 20.7. The molecule has 2 aliphatic heterocycles. The van der Waals surface area contributed by atoms with Crippen molar-refractivity contribution in [3.05, 3.63) is 65.2 Å². The second-order valence-electron chi connectivity index (χ2n) is 7.15. The van der Waals surface area contributed by atoms with Gasteiger partial charge in [0.15, 0.2) is 6.10 Å². The summed E-state index contributed by atoms with van der Waals surface area (Å²) in [6.07, 6.45) is -0.292. The van der Waals surface area contributed by atoms with E-state index in [1.165, 1.54) is 13.8 Å². The molecule has 2 aromatic rings. The Balaban J connectivity index is 1.45. The molecule has 0 fully saturated rings. The zero-order valence-corrected chi connectivity index (χ0v) is 16.1. The van der Waals surface area contributed by atoms with E-state index in [1.54, 1.807) is 29.2 Å². The summed E-state index contributed by atoms with van der Waals surface area (Å²) in [5.74, 6) is -2.21. The van der Waals surface area contributed by atoms with Gasteiger partial charge in [-0.15, -0.1) is 0 Å². The Morgan fingerprint density at radius 2 is 1.52 bits per heavy atom. The number of esters is 1. The van der Waals surface area contributed by atoms with Crippen LogP contribution < -0.4 is 4.90 Å². The van der Waals surface area contributed by atoms with Gasteiger partial charge in [-0.2, -0.15) is 0 Å². The summed E-state index contributed by atoms with van der Waals surface area (Å²) in [4.78, 5) is 53.0. The number of fused-ring (bicyclic) bond motifs is 2. The van der Waals surface area contributed by atoms with Gasteiger partial charge in [-0.25, -0.2) is 4.79 Å². The van der Waals surface area contributed by atoms with Crippen molar-refractivity contribution in [1.29, 1.82) is 0 Å². The molecule has 29 heavy (non-hydrogen) atoms. The van der Waals surface area contributed by atoms with E-state index in [2.05, 4.69) is 0 Å². The monoisotopic (exact) mass is 392 g/mol. The number of amides is 3. The molecule has 0 radical (unpaired) electrons. The molecule has 7 heteroatoms. The SMILES string of the molecule is C[C@H](OC(=O)[C@H](C)N1C(=O)c2ccccc2C1=O)C(=O)N1CCc2ccccc21. The average molecular weight is 392 g/mol. The number of carbonyl (C=O) groups excluding carboxylic acids is 4. The third-order valence-electron chi connectivity index (χ3n) is 5.35. The lowest BCUT2D eigenvalue weighted by Crippen LogP contribution is -2.46. The van der Waals surface area contributed by atoms with Gasteiger partial charge in [-0.05, 0) is 44.0 Å². The number of nitrogens with zero attached hydrogens (tertiary/aromatic N) is 2. The minimum absolute atomic E-state index is 0.259. The molecule has 2 atom stereocenters. The van der Waals surface area contributed by atoms with E-state index < -0.39 is 29.9 Å². The standard InChI is InChI=1S/C22H20N2O5/c1-13(24-20(26)16-8-4-5-9-17(16)21(24)27)22(28)29-14(2)19(25)23-12-11-15-7-3-6-10-18(15)23/h3-10,13-14H,11-12H2,1-2H3/t13-,14-/m0/s1. The number of imide groups is 1. The van der Waals surface area contributed by atoms with Crippen molar-refractivity contribution in [3.8, 4) is 0 Å². The van der Waals surface area contributed by atoms with Crippen molar-refractivity contribution in [3.63, 3.8) is 0 Å². The van der Waals surface area contributed by atoms with Crippen molar-refractivity contribution >= 4 is 29.4 Å². The van der Waals surface area contributed by atoms with E-state index in [1.807, 2.05) is 24.3 Å². The van der Waals surface area contributed by atoms with E-state index in [4.69, 9.17) is 4.74 Å². The summed E-state index contributed by atoms with van der Waals surface area (Å²) in [6.45, 7) is 3.44. The Kier molecular flexibility index (Phi) is 4.66. The predicted molar refractivity (Wildman–Crippen MR) is 104 cm³/mol. The molecule has 2 aliphatic rings. The third kappa shape index (κ3) is 3.08. The molecule has 148 valence electrons. The van der Waals surface area contributed by atoms with E-state index in [9.17, 15) is 19.2 Å². The molecule has 0 saturated heterocycles. The number of ether oxygens (including phenoxy) is 1. The summed E-state index contributed by atoms with van der Waals surface area (Å²) < 4.78 is 5.33. The van der Waals surface area contributed by atoms with Crippen LogP contribution in [0.3, 0.4) is 0 Å². The van der Waals surface area contributed by atoms with Crippen molar-refractivity contribution in [2.45, 2.75) is 32.4 Å². The highest BCUT2D eigenvalue weighted by molar-refractivity contribution is 6.22. The lowest BCUT2D eigenvalue weighted by molar-refractivity contribution is -0.157. The molecule has 4 rings (SSSR count). The molecule has 0 aromatic heterocycles. The highest BCUT2D eigenvalue weighted by Gasteiger charge is 2.42. The largest absolute Gasteiger partial charge is 0.451 e. The van der Waals surface area contributed by atoms with Crippen molar-refractivity contribution in [1.82, 2.24) is 4.90 Å². The molecule has 3 amide bonds. The van der Waals surface area contributed by atoms with Crippen LogP contribution in [-0.2, 0) is 20.7 Å². The van der Waals surface area contributed by atoms with Crippen LogP contribution in [0.1, 0.15) is 40.1 Å². The third-order valence-corrected chi connectivity index (χ3v) is 5.35. The molecule has 2 aromatic carbocycles. The second-order valence-corrected chi connectivity index (χ2v) is 7.15. The van der Waals surface area contributed by atoms with Gasteiger partial charge in [0.05, 0.1) is 11.1 Å². The fourth-order valence-electron chi connectivity index (χ4n) is 3.77. The maximum atomic E-state index is 12.8. The Hall–Kier alpha value is -3.48. The summed E-state index contributed by atoms with van der Waals surface area (Å²) in [6, 6.07) is 12.9. The molecule has 7 nitrogen and oxygen atoms in total. The summed E-state index contributed by atoms with van der Waals surface area (Å²) in [7, 11) is 0. The summed E-state index contributed by atoms with van der Waals surface area (Å²) in [5.41, 5.74) is 2.40. The van der Waals surface area contributed by atoms with Crippen LogP contribution in [0.15, 0.2) is 48.5 Å². The number of rotatable bonds is 4. The molecular formula is C22H20N2O5. The van der Waals surface area contributed by atoms with E-state index >= 15 is 0 Å². The molecule has 2 heterocycles. The van der Waals surface area contributed by atoms with Crippen molar-refractivity contribution in [2.75, 3.05) is 11.4 Å². The maximum Gasteiger partial charge on any atom is 0.329 e. The minimum Gasteiger partial charge on any atom is -0.451 e. The van der Waals surface area contributed by atoms with Crippen LogP contribution in [0.5, 0.6) is 0 Å². The summed E-state index contributed by atoms with van der Waals surface area (Å²) >= 11 is 0. The number of benzene rings is 2. The molecule has 0 aliphatic carbocycles. The quantitative estimate of drug-likeness (QED) is 0.588. The van der Waals surface area contributed by atoms with Crippen LogP contribution in [0.25, 0.3) is 0 Å². The van der Waals surface area contributed by atoms with Crippen LogP contribution in [0.4, 0.5) is 5.69 Å². The zero-order valence-electron chi connectivity index (χ0n) is 16.1. The van der Waals surface area contributed by atoms with E-state index in [0.717, 1.165) is 22.6 Å². The van der Waals surface area contributed by atoms with Crippen LogP contribution in [0, 0.1) is 0 Å². The number of para-hydroxylation sites is 1. The van der Waals surface area contributed by atoms with Crippen molar-refractivity contribution < 1.29 is 23.9 Å². The van der Waals surface area contributed by atoms with Gasteiger partial charge in [-0.3, -0.25) is 19.3 Å². The summed E-state index contributed by atoms with van der Waals surface area (Å²) in [5, 5.41) is 0. The van der Waals surface area contributed by atoms with Crippen molar-refractivity contribution in [2.24, 2.45) is 0 Å². The minimum atomic E-state index is -1.14. The van der Waals surface area contributed by atoms with Crippen LogP contribution in [-0.4, -0.2) is 47.3 Å². The van der Waals surface area contributed by atoms with E-state index in [0.29, 0.717) is 6.54 Å². The highest BCUT2D eigenvalue weighted by Crippen LogP contribution is 2.29. The van der Waals surface area contributed by atoms with Crippen LogP contribution >= 0.6 is 0 Å². The second kappa shape index (κ2) is 7.16. The fraction of sp³-hybridized carbons (Fsp3) is 0.273. The predicted octanol–water partition coefficient (Wildman–Crippen LogP) is 2.19. The fourth-order valence-corrected chi connectivity index (χ4v) is 3.77. The first-order valence-electron chi connectivity index (χ1n) is 9.47. The molecule has 0 saturated carbocycles.